The minimum Gasteiger partial charge on any atom is -0.493 e. The van der Waals surface area contributed by atoms with Crippen LogP contribution in [0.2, 0.25) is 5.02 Å². The van der Waals surface area contributed by atoms with Gasteiger partial charge in [-0.05, 0) is 68.3 Å². The number of hydrogen-bond donors (Lipinski definition) is 0. The van der Waals surface area contributed by atoms with Gasteiger partial charge in [0, 0.05) is 45.8 Å². The first-order chi connectivity index (χ1) is 22.2. The molecule has 1 saturated heterocycles. The van der Waals surface area contributed by atoms with Crippen molar-refractivity contribution < 1.29 is 19.0 Å². The molecule has 0 bridgehead atoms. The minimum atomic E-state index is -0.243. The van der Waals surface area contributed by atoms with Gasteiger partial charge in [-0.1, -0.05) is 49.7 Å². The molecule has 46 heavy (non-hydrogen) atoms. The van der Waals surface area contributed by atoms with Crippen molar-refractivity contribution in [3.05, 3.63) is 71.2 Å². The lowest BCUT2D eigenvalue weighted by molar-refractivity contribution is 0.133. The minimum absolute atomic E-state index is 0.141. The highest BCUT2D eigenvalue weighted by Crippen LogP contribution is 2.45. The van der Waals surface area contributed by atoms with Crippen molar-refractivity contribution >= 4 is 34.7 Å². The second-order valence-electron chi connectivity index (χ2n) is 12.5. The zero-order valence-electron chi connectivity index (χ0n) is 28.0. The number of benzene rings is 3. The van der Waals surface area contributed by atoms with Gasteiger partial charge in [-0.3, -0.25) is 14.7 Å². The van der Waals surface area contributed by atoms with E-state index in [0.717, 1.165) is 61.8 Å². The Hall–Kier alpha value is -3.66. The number of nitrogens with zero attached hydrogens (tertiary/aromatic N) is 5. The number of urea groups is 1. The Morgan fingerprint density at radius 2 is 1.72 bits per heavy atom. The first-order valence-corrected chi connectivity index (χ1v) is 16.6. The average Bonchev–Trinajstić information content (AvgIpc) is 3.33. The highest BCUT2D eigenvalue weighted by Gasteiger charge is 2.39. The number of methoxy groups -OCH3 is 2. The van der Waals surface area contributed by atoms with E-state index in [1.165, 1.54) is 0 Å². The number of fused-ring (bicyclic) bond motifs is 1. The molecule has 0 radical (unpaired) electrons. The van der Waals surface area contributed by atoms with Crippen LogP contribution in [0.3, 0.4) is 0 Å². The Bertz CT molecular complexity index is 1480. The van der Waals surface area contributed by atoms with Crippen LogP contribution in [0.25, 0.3) is 0 Å². The predicted molar refractivity (Wildman–Crippen MR) is 187 cm³/mol. The van der Waals surface area contributed by atoms with E-state index in [4.69, 9.17) is 25.8 Å². The van der Waals surface area contributed by atoms with E-state index in [0.29, 0.717) is 47.8 Å². The summed E-state index contributed by atoms with van der Waals surface area (Å²) in [5, 5.41) is 0.348. The van der Waals surface area contributed by atoms with Crippen LogP contribution in [0.5, 0.6) is 17.2 Å². The van der Waals surface area contributed by atoms with Gasteiger partial charge < -0.3 is 24.0 Å². The zero-order chi connectivity index (χ0) is 32.8. The first kappa shape index (κ1) is 33.7. The van der Waals surface area contributed by atoms with Crippen LogP contribution in [0.15, 0.2) is 60.7 Å². The molecule has 2 heterocycles. The maximum atomic E-state index is 14.6. The second kappa shape index (κ2) is 15.3. The number of anilines is 3. The summed E-state index contributed by atoms with van der Waals surface area (Å²) < 4.78 is 17.2. The van der Waals surface area contributed by atoms with Crippen molar-refractivity contribution in [1.29, 1.82) is 0 Å². The van der Waals surface area contributed by atoms with Crippen molar-refractivity contribution in [2.75, 3.05) is 81.8 Å². The first-order valence-electron chi connectivity index (χ1n) is 16.2. The van der Waals surface area contributed by atoms with Crippen LogP contribution in [-0.4, -0.2) is 89.1 Å². The van der Waals surface area contributed by atoms with Crippen LogP contribution in [0, 0.1) is 5.92 Å². The number of likely N-dealkylation sites (N-methyl/N-ethyl adjacent to an activating group) is 1. The normalized spacial score (nSPS) is 16.9. The summed E-state index contributed by atoms with van der Waals surface area (Å²) >= 11 is 6.88. The fourth-order valence-corrected chi connectivity index (χ4v) is 6.49. The molecule has 3 aromatic carbocycles. The number of hydrogen-bond acceptors (Lipinski definition) is 7. The van der Waals surface area contributed by atoms with Gasteiger partial charge in [-0.25, -0.2) is 4.79 Å². The molecule has 1 atom stereocenters. The third-order valence-corrected chi connectivity index (χ3v) is 9.29. The summed E-state index contributed by atoms with van der Waals surface area (Å²) in [6, 6.07) is 19.9. The van der Waals surface area contributed by atoms with Crippen molar-refractivity contribution in [3.8, 4) is 17.2 Å². The number of rotatable bonds is 12. The molecule has 2 aliphatic heterocycles. The van der Waals surface area contributed by atoms with Gasteiger partial charge in [0.1, 0.15) is 23.5 Å². The SMILES string of the molecule is COc1ccc(N(CCC(C)C)C(=O)N2c3ccccc3N(Cc3cccc(OCCN4CCN(C)CC4)c3)C2C)c(Cl)c1OC. The van der Waals surface area contributed by atoms with E-state index in [2.05, 4.69) is 60.7 Å². The molecule has 3 aromatic rings. The fourth-order valence-electron chi connectivity index (χ4n) is 6.15. The molecule has 1 unspecified atom stereocenters. The Kier molecular flexibility index (Phi) is 11.2. The molecular weight excluding hydrogens is 602 g/mol. The molecule has 0 spiro atoms. The summed E-state index contributed by atoms with van der Waals surface area (Å²) in [5.74, 6) is 2.18. The van der Waals surface area contributed by atoms with Crippen molar-refractivity contribution in [1.82, 2.24) is 9.80 Å². The van der Waals surface area contributed by atoms with Crippen LogP contribution < -0.4 is 28.9 Å². The monoisotopic (exact) mass is 649 g/mol. The van der Waals surface area contributed by atoms with Gasteiger partial charge in [0.25, 0.3) is 0 Å². The second-order valence-corrected chi connectivity index (χ2v) is 12.9. The zero-order valence-corrected chi connectivity index (χ0v) is 28.8. The Morgan fingerprint density at radius 3 is 2.41 bits per heavy atom. The van der Waals surface area contributed by atoms with Crippen LogP contribution in [-0.2, 0) is 6.54 Å². The third kappa shape index (κ3) is 7.48. The molecule has 0 saturated carbocycles. The maximum absolute atomic E-state index is 14.6. The summed E-state index contributed by atoms with van der Waals surface area (Å²) in [5.41, 5.74) is 3.58. The molecule has 9 nitrogen and oxygen atoms in total. The summed E-state index contributed by atoms with van der Waals surface area (Å²) in [7, 11) is 5.30. The molecule has 10 heteroatoms. The van der Waals surface area contributed by atoms with Gasteiger partial charge in [0.15, 0.2) is 11.5 Å². The summed E-state index contributed by atoms with van der Waals surface area (Å²) in [6.45, 7) is 13.4. The van der Waals surface area contributed by atoms with E-state index >= 15 is 0 Å². The summed E-state index contributed by atoms with van der Waals surface area (Å²) in [6.07, 6.45) is 0.568. The quantitative estimate of drug-likeness (QED) is 0.213. The predicted octanol–water partition coefficient (Wildman–Crippen LogP) is 6.83. The van der Waals surface area contributed by atoms with E-state index in [1.807, 2.05) is 41.3 Å². The Morgan fingerprint density at radius 1 is 0.978 bits per heavy atom. The standard InChI is InChI=1S/C36H48ClN5O4/c1-26(2)16-17-40(32-14-15-33(44-5)35(45-6)34(32)37)36(43)42-27(3)41(30-12-7-8-13-31(30)42)25-28-10-9-11-29(24-28)46-23-22-39-20-18-38(4)19-21-39/h7-15,24,26-27H,16-23,25H2,1-6H3. The number of para-hydroxylation sites is 2. The van der Waals surface area contributed by atoms with Crippen LogP contribution >= 0.6 is 11.6 Å². The van der Waals surface area contributed by atoms with Gasteiger partial charge in [0.2, 0.25) is 0 Å². The van der Waals surface area contributed by atoms with E-state index in [9.17, 15) is 4.79 Å². The number of carbonyl (C=O) groups excluding carboxylic acids is 1. The molecule has 2 aliphatic rings. The smallest absolute Gasteiger partial charge is 0.330 e. The number of amides is 2. The van der Waals surface area contributed by atoms with Gasteiger partial charge >= 0.3 is 6.03 Å². The van der Waals surface area contributed by atoms with Gasteiger partial charge in [-0.2, -0.15) is 0 Å². The molecule has 0 aromatic heterocycles. The molecule has 248 valence electrons. The molecule has 0 aliphatic carbocycles. The topological polar surface area (TPSA) is 61.0 Å². The van der Waals surface area contributed by atoms with Gasteiger partial charge in [-0.15, -0.1) is 0 Å². The number of ether oxygens (including phenoxy) is 3. The summed E-state index contributed by atoms with van der Waals surface area (Å²) in [4.78, 5) is 25.4. The van der Waals surface area contributed by atoms with E-state index in [1.54, 1.807) is 25.2 Å². The van der Waals surface area contributed by atoms with E-state index in [-0.39, 0.29) is 12.2 Å². The molecular formula is C36H48ClN5O4. The Balaban J connectivity index is 1.36. The lowest BCUT2D eigenvalue weighted by Gasteiger charge is -2.34. The van der Waals surface area contributed by atoms with Crippen molar-refractivity contribution in [3.63, 3.8) is 0 Å². The highest BCUT2D eigenvalue weighted by atomic mass is 35.5. The van der Waals surface area contributed by atoms with E-state index < -0.39 is 0 Å². The molecule has 5 rings (SSSR count). The molecule has 1 fully saturated rings. The number of piperazine rings is 1. The Labute approximate surface area is 279 Å². The van der Waals surface area contributed by atoms with Crippen molar-refractivity contribution in [2.24, 2.45) is 5.92 Å². The highest BCUT2D eigenvalue weighted by molar-refractivity contribution is 6.35. The largest absolute Gasteiger partial charge is 0.493 e. The van der Waals surface area contributed by atoms with Crippen LogP contribution in [0.1, 0.15) is 32.8 Å². The lowest BCUT2D eigenvalue weighted by atomic mass is 10.1. The van der Waals surface area contributed by atoms with Crippen molar-refractivity contribution in [2.45, 2.75) is 39.9 Å². The fraction of sp³-hybridized carbons (Fsp3) is 0.472. The van der Waals surface area contributed by atoms with Gasteiger partial charge in [0.05, 0.1) is 31.3 Å². The lowest BCUT2D eigenvalue weighted by Crippen LogP contribution is -2.50. The number of carbonyl (C=O) groups is 1. The molecule has 2 amide bonds. The number of halogens is 1. The maximum Gasteiger partial charge on any atom is 0.330 e. The third-order valence-electron chi connectivity index (χ3n) is 8.92. The average molecular weight is 650 g/mol. The molecule has 0 N–H and O–H groups in total. The van der Waals surface area contributed by atoms with Crippen LogP contribution in [0.4, 0.5) is 21.9 Å².